The summed E-state index contributed by atoms with van der Waals surface area (Å²) < 4.78 is 17.8. The molecule has 3 aromatic heterocycles. The molecule has 0 amide bonds. The number of fused-ring (bicyclic) bond motifs is 1. The van der Waals surface area contributed by atoms with Crippen molar-refractivity contribution in [1.82, 2.24) is 20.3 Å². The van der Waals surface area contributed by atoms with Crippen molar-refractivity contribution >= 4 is 36.3 Å². The molecule has 0 saturated carbocycles. The summed E-state index contributed by atoms with van der Waals surface area (Å²) in [4.78, 5) is 16.2. The highest BCUT2D eigenvalue weighted by molar-refractivity contribution is 7.97. The van der Waals surface area contributed by atoms with E-state index < -0.39 is 0 Å². The molecule has 3 heterocycles. The van der Waals surface area contributed by atoms with E-state index in [0.29, 0.717) is 18.9 Å². The van der Waals surface area contributed by atoms with Crippen LogP contribution in [0.1, 0.15) is 16.8 Å². The van der Waals surface area contributed by atoms with E-state index in [9.17, 15) is 4.39 Å². The van der Waals surface area contributed by atoms with Crippen LogP contribution in [0.25, 0.3) is 22.2 Å². The highest BCUT2D eigenvalue weighted by Crippen LogP contribution is 2.21. The summed E-state index contributed by atoms with van der Waals surface area (Å²) in [5, 5.41) is 4.18. The number of aryl methyl sites for hydroxylation is 1. The fourth-order valence-electron chi connectivity index (χ4n) is 3.09. The van der Waals surface area contributed by atoms with Crippen LogP contribution in [0.4, 0.5) is 4.39 Å². The third kappa shape index (κ3) is 7.27. The van der Waals surface area contributed by atoms with Crippen LogP contribution in [0.3, 0.4) is 0 Å². The minimum atomic E-state index is -0.337. The minimum Gasteiger partial charge on any atom is -0.294 e. The van der Waals surface area contributed by atoms with Crippen molar-refractivity contribution in [3.8, 4) is 11.3 Å². The Morgan fingerprint density at radius 2 is 1.88 bits per heavy atom. The molecule has 0 fully saturated rings. The Kier molecular flexibility index (Phi) is 9.17. The van der Waals surface area contributed by atoms with Crippen LogP contribution in [0.2, 0.25) is 0 Å². The molecule has 0 aliphatic rings. The van der Waals surface area contributed by atoms with Crippen molar-refractivity contribution in [1.29, 1.82) is 0 Å². The fraction of sp³-hybridized carbons (Fsp3) is 0.160. The Balaban J connectivity index is 0.000000194. The topological polar surface area (TPSA) is 75.4 Å². The summed E-state index contributed by atoms with van der Waals surface area (Å²) in [6.45, 7) is 9.61. The van der Waals surface area contributed by atoms with E-state index in [2.05, 4.69) is 61.3 Å². The summed E-state index contributed by atoms with van der Waals surface area (Å²) in [6.07, 6.45) is 5.11. The molecule has 8 heteroatoms. The molecule has 1 N–H and O–H groups in total. The van der Waals surface area contributed by atoms with E-state index in [-0.39, 0.29) is 5.82 Å². The van der Waals surface area contributed by atoms with Crippen molar-refractivity contribution in [3.05, 3.63) is 89.8 Å². The zero-order chi connectivity index (χ0) is 23.5. The van der Waals surface area contributed by atoms with Crippen LogP contribution in [0.5, 0.6) is 0 Å². The van der Waals surface area contributed by atoms with Gasteiger partial charge in [0.15, 0.2) is 0 Å². The lowest BCUT2D eigenvalue weighted by atomic mass is 10.1. The highest BCUT2D eigenvalue weighted by atomic mass is 32.2. The predicted octanol–water partition coefficient (Wildman–Crippen LogP) is 5.42. The number of nitrogens with one attached hydrogen (secondary N) is 1. The lowest BCUT2D eigenvalue weighted by molar-refractivity contribution is 0.618. The third-order valence-corrected chi connectivity index (χ3v) is 5.26. The molecule has 0 radical (unpaired) electrons. The first-order valence-corrected chi connectivity index (χ1v) is 11.2. The number of halogens is 1. The van der Waals surface area contributed by atoms with Crippen LogP contribution in [0.15, 0.2) is 76.5 Å². The molecule has 1 aromatic carbocycles. The number of pyridine rings is 3. The number of benzene rings is 1. The molecule has 0 spiro atoms. The van der Waals surface area contributed by atoms with Crippen LogP contribution >= 0.6 is 11.9 Å². The maximum atomic E-state index is 14.0. The van der Waals surface area contributed by atoms with Crippen LogP contribution in [-0.2, 0) is 12.3 Å². The number of aliphatic imine (C=N–C) groups is 1. The number of hydrogen-bond donors (Lipinski definition) is 1. The molecule has 4 rings (SSSR count). The molecular formula is C25H25FN6S. The van der Waals surface area contributed by atoms with Gasteiger partial charge >= 0.3 is 0 Å². The van der Waals surface area contributed by atoms with Crippen LogP contribution < -0.4 is 5.32 Å². The summed E-state index contributed by atoms with van der Waals surface area (Å²) in [6, 6.07) is 15.3. The van der Waals surface area contributed by atoms with E-state index in [4.69, 9.17) is 0 Å². The van der Waals surface area contributed by atoms with E-state index in [1.54, 1.807) is 18.5 Å². The molecule has 0 atom stereocenters. The number of aromatic nitrogens is 3. The quantitative estimate of drug-likeness (QED) is 0.216. The first-order valence-electron chi connectivity index (χ1n) is 10.2. The molecule has 0 saturated heterocycles. The molecule has 168 valence electrons. The smallest absolute Gasteiger partial charge is 0.149 e. The van der Waals surface area contributed by atoms with E-state index in [1.165, 1.54) is 29.0 Å². The van der Waals surface area contributed by atoms with Gasteiger partial charge in [-0.15, -0.1) is 0 Å². The summed E-state index contributed by atoms with van der Waals surface area (Å²) in [5.74, 6) is 0.533. The van der Waals surface area contributed by atoms with Gasteiger partial charge in [0.25, 0.3) is 0 Å². The first-order chi connectivity index (χ1) is 16.1. The van der Waals surface area contributed by atoms with E-state index in [0.717, 1.165) is 28.1 Å². The Bertz CT molecular complexity index is 1230. The molecule has 0 unspecified atom stereocenters. The van der Waals surface area contributed by atoms with Gasteiger partial charge in [0.2, 0.25) is 0 Å². The van der Waals surface area contributed by atoms with Crippen molar-refractivity contribution in [3.63, 3.8) is 0 Å². The molecule has 6 nitrogen and oxygen atoms in total. The predicted molar refractivity (Wildman–Crippen MR) is 136 cm³/mol. The Hall–Kier alpha value is -3.49. The fourth-order valence-corrected chi connectivity index (χ4v) is 3.51. The number of hydrogen-bond acceptors (Lipinski definition) is 7. The van der Waals surface area contributed by atoms with Gasteiger partial charge in [-0.05, 0) is 79.8 Å². The van der Waals surface area contributed by atoms with Crippen LogP contribution in [-0.4, -0.2) is 35.1 Å². The second kappa shape index (κ2) is 12.5. The molecule has 33 heavy (non-hydrogen) atoms. The largest absolute Gasteiger partial charge is 0.294 e. The Morgan fingerprint density at radius 3 is 2.64 bits per heavy atom. The Labute approximate surface area is 197 Å². The number of nitrogens with zero attached hydrogens (tertiary/aromatic N) is 5. The van der Waals surface area contributed by atoms with Gasteiger partial charge in [-0.1, -0.05) is 12.1 Å². The second-order valence-corrected chi connectivity index (χ2v) is 7.91. The summed E-state index contributed by atoms with van der Waals surface area (Å²) in [7, 11) is 0. The van der Waals surface area contributed by atoms with E-state index in [1.807, 2.05) is 31.3 Å². The van der Waals surface area contributed by atoms with E-state index >= 15 is 0 Å². The molecule has 0 aliphatic carbocycles. The van der Waals surface area contributed by atoms with Gasteiger partial charge in [-0.25, -0.2) is 8.79 Å². The Morgan fingerprint density at radius 1 is 1.00 bits per heavy atom. The van der Waals surface area contributed by atoms with Crippen molar-refractivity contribution in [2.45, 2.75) is 19.2 Å². The standard InChI is InChI=1S/C14H15FN4.C11H10N2S/c1-10-5-12(3-4-18-10)14-13(15)6-11(8-19-14)7-17-9-16-2;1-12-14-8-9-4-5-11-10(7-9)3-2-6-13-11/h3-6,8,17H,2,7,9H2,1H3;2-7H,1,8H2. The van der Waals surface area contributed by atoms with Gasteiger partial charge in [-0.2, -0.15) is 0 Å². The lowest BCUT2D eigenvalue weighted by Crippen LogP contribution is -2.13. The summed E-state index contributed by atoms with van der Waals surface area (Å²) in [5.41, 5.74) is 4.97. The monoisotopic (exact) mass is 460 g/mol. The molecular weight excluding hydrogens is 435 g/mol. The maximum absolute atomic E-state index is 14.0. The highest BCUT2D eigenvalue weighted by Gasteiger charge is 2.08. The number of rotatable bonds is 8. The zero-order valence-electron chi connectivity index (χ0n) is 18.4. The third-order valence-electron chi connectivity index (χ3n) is 4.61. The van der Waals surface area contributed by atoms with Gasteiger partial charge < -0.3 is 0 Å². The summed E-state index contributed by atoms with van der Waals surface area (Å²) >= 11 is 1.46. The van der Waals surface area contributed by atoms with Crippen LogP contribution in [0, 0.1) is 12.7 Å². The second-order valence-electron chi connectivity index (χ2n) is 7.10. The van der Waals surface area contributed by atoms with Crippen molar-refractivity contribution < 1.29 is 4.39 Å². The van der Waals surface area contributed by atoms with Gasteiger partial charge in [0, 0.05) is 47.5 Å². The molecule has 4 aromatic rings. The first kappa shape index (κ1) is 24.2. The maximum Gasteiger partial charge on any atom is 0.149 e. The minimum absolute atomic E-state index is 0.337. The average Bonchev–Trinajstić information content (AvgIpc) is 2.83. The van der Waals surface area contributed by atoms with Gasteiger partial charge in [0.05, 0.1) is 12.2 Å². The molecule has 0 aliphatic heterocycles. The molecule has 0 bridgehead atoms. The SMILES string of the molecule is C=NCNCc1cnc(-c2ccnc(C)c2)c(F)c1.C=NSCc1ccc2ncccc2c1. The normalized spacial score (nSPS) is 10.4. The van der Waals surface area contributed by atoms with Gasteiger partial charge in [-0.3, -0.25) is 25.3 Å². The average molecular weight is 461 g/mol. The zero-order valence-corrected chi connectivity index (χ0v) is 19.2. The lowest BCUT2D eigenvalue weighted by Gasteiger charge is -2.06. The van der Waals surface area contributed by atoms with Crippen molar-refractivity contribution in [2.24, 2.45) is 9.39 Å². The van der Waals surface area contributed by atoms with Gasteiger partial charge in [0.1, 0.15) is 11.5 Å². The van der Waals surface area contributed by atoms with Crippen molar-refractivity contribution in [2.75, 3.05) is 6.67 Å².